The molecule has 0 atom stereocenters. The standard InChI is InChI=1S/C14H19BrN4O/c1-2-6-19-10-12(15)9-13(19)14(20)17-4-3-7-18-8-5-16-11-18/h5,8-11H,2-4,6-7H2,1H3,(H,17,20). The van der Waals surface area contributed by atoms with E-state index in [9.17, 15) is 4.79 Å². The Morgan fingerprint density at radius 2 is 2.30 bits per heavy atom. The minimum absolute atomic E-state index is 0.0187. The minimum atomic E-state index is -0.0187. The van der Waals surface area contributed by atoms with Crippen molar-refractivity contribution in [3.63, 3.8) is 0 Å². The Bertz CT molecular complexity index is 548. The monoisotopic (exact) mass is 338 g/mol. The van der Waals surface area contributed by atoms with Crippen LogP contribution < -0.4 is 5.32 Å². The molecule has 2 aromatic heterocycles. The number of imidazole rings is 1. The van der Waals surface area contributed by atoms with E-state index >= 15 is 0 Å². The summed E-state index contributed by atoms with van der Waals surface area (Å²) in [6.45, 7) is 4.47. The molecule has 2 heterocycles. The molecular weight excluding hydrogens is 320 g/mol. The molecule has 0 saturated heterocycles. The fourth-order valence-corrected chi connectivity index (χ4v) is 2.53. The van der Waals surface area contributed by atoms with Crippen LogP contribution in [-0.4, -0.2) is 26.6 Å². The fraction of sp³-hybridized carbons (Fsp3) is 0.429. The number of aromatic nitrogens is 3. The van der Waals surface area contributed by atoms with E-state index in [4.69, 9.17) is 0 Å². The third-order valence-corrected chi connectivity index (χ3v) is 3.43. The molecule has 0 aliphatic rings. The highest BCUT2D eigenvalue weighted by atomic mass is 79.9. The molecule has 0 bridgehead atoms. The first kappa shape index (κ1) is 14.8. The number of nitrogens with one attached hydrogen (secondary N) is 1. The van der Waals surface area contributed by atoms with Gasteiger partial charge in [-0.05, 0) is 34.8 Å². The number of halogens is 1. The number of amides is 1. The lowest BCUT2D eigenvalue weighted by Gasteiger charge is -2.08. The summed E-state index contributed by atoms with van der Waals surface area (Å²) in [7, 11) is 0. The SMILES string of the molecule is CCCn1cc(Br)cc1C(=O)NCCCn1ccnc1. The molecule has 5 nitrogen and oxygen atoms in total. The van der Waals surface area contributed by atoms with Gasteiger partial charge < -0.3 is 14.5 Å². The average molecular weight is 339 g/mol. The van der Waals surface area contributed by atoms with E-state index in [0.29, 0.717) is 12.2 Å². The lowest BCUT2D eigenvalue weighted by Crippen LogP contribution is -2.27. The van der Waals surface area contributed by atoms with E-state index in [1.165, 1.54) is 0 Å². The molecule has 0 fully saturated rings. The van der Waals surface area contributed by atoms with Gasteiger partial charge in [0.25, 0.3) is 5.91 Å². The predicted molar refractivity (Wildman–Crippen MR) is 81.6 cm³/mol. The molecule has 0 saturated carbocycles. The Labute approximate surface area is 127 Å². The summed E-state index contributed by atoms with van der Waals surface area (Å²) in [5.74, 6) is -0.0187. The Morgan fingerprint density at radius 1 is 1.45 bits per heavy atom. The first-order chi connectivity index (χ1) is 9.70. The average Bonchev–Trinajstić information content (AvgIpc) is 3.05. The maximum Gasteiger partial charge on any atom is 0.267 e. The Hall–Kier alpha value is -1.56. The lowest BCUT2D eigenvalue weighted by atomic mass is 10.3. The predicted octanol–water partition coefficient (Wildman–Crippen LogP) is 2.68. The molecular formula is C14H19BrN4O. The first-order valence-electron chi connectivity index (χ1n) is 6.80. The number of nitrogens with zero attached hydrogens (tertiary/aromatic N) is 3. The van der Waals surface area contributed by atoms with Gasteiger partial charge >= 0.3 is 0 Å². The minimum Gasteiger partial charge on any atom is -0.351 e. The van der Waals surface area contributed by atoms with Gasteiger partial charge in [0.15, 0.2) is 0 Å². The quantitative estimate of drug-likeness (QED) is 0.789. The molecule has 0 aromatic carbocycles. The highest BCUT2D eigenvalue weighted by molar-refractivity contribution is 9.10. The van der Waals surface area contributed by atoms with E-state index in [1.807, 2.05) is 27.6 Å². The van der Waals surface area contributed by atoms with Gasteiger partial charge in [0.1, 0.15) is 5.69 Å². The summed E-state index contributed by atoms with van der Waals surface area (Å²) in [6.07, 6.45) is 9.30. The zero-order chi connectivity index (χ0) is 14.4. The summed E-state index contributed by atoms with van der Waals surface area (Å²) < 4.78 is 4.92. The van der Waals surface area contributed by atoms with Gasteiger partial charge in [-0.25, -0.2) is 4.98 Å². The molecule has 0 aliphatic carbocycles. The molecule has 0 aliphatic heterocycles. The van der Waals surface area contributed by atoms with Crippen LogP contribution in [0.2, 0.25) is 0 Å². The molecule has 20 heavy (non-hydrogen) atoms. The van der Waals surface area contributed by atoms with Crippen molar-refractivity contribution in [2.75, 3.05) is 6.54 Å². The summed E-state index contributed by atoms with van der Waals surface area (Å²) in [5, 5.41) is 2.96. The van der Waals surface area contributed by atoms with Gasteiger partial charge in [0.05, 0.1) is 6.33 Å². The highest BCUT2D eigenvalue weighted by Gasteiger charge is 2.11. The normalized spacial score (nSPS) is 10.7. The molecule has 2 rings (SSSR count). The number of aryl methyl sites for hydroxylation is 2. The number of rotatable bonds is 7. The molecule has 0 spiro atoms. The number of hydrogen-bond acceptors (Lipinski definition) is 2. The maximum atomic E-state index is 12.1. The van der Waals surface area contributed by atoms with Crippen LogP contribution in [0.5, 0.6) is 0 Å². The van der Waals surface area contributed by atoms with E-state index in [-0.39, 0.29) is 5.91 Å². The van der Waals surface area contributed by atoms with Crippen molar-refractivity contribution in [1.82, 2.24) is 19.4 Å². The Balaban J connectivity index is 1.82. The van der Waals surface area contributed by atoms with Crippen molar-refractivity contribution in [2.24, 2.45) is 0 Å². The lowest BCUT2D eigenvalue weighted by molar-refractivity contribution is 0.0943. The third-order valence-electron chi connectivity index (χ3n) is 3.00. The van der Waals surface area contributed by atoms with Crippen LogP contribution in [0.15, 0.2) is 35.5 Å². The summed E-state index contributed by atoms with van der Waals surface area (Å²) in [4.78, 5) is 16.1. The van der Waals surface area contributed by atoms with Gasteiger partial charge in [0, 0.05) is 42.7 Å². The summed E-state index contributed by atoms with van der Waals surface area (Å²) >= 11 is 3.42. The van der Waals surface area contributed by atoms with Gasteiger partial charge in [-0.2, -0.15) is 0 Å². The van der Waals surface area contributed by atoms with Gasteiger partial charge in [0.2, 0.25) is 0 Å². The van der Waals surface area contributed by atoms with Crippen LogP contribution in [0.3, 0.4) is 0 Å². The van der Waals surface area contributed by atoms with Crippen LogP contribution >= 0.6 is 15.9 Å². The van der Waals surface area contributed by atoms with Gasteiger partial charge in [-0.15, -0.1) is 0 Å². The zero-order valence-corrected chi connectivity index (χ0v) is 13.1. The van der Waals surface area contributed by atoms with Crippen molar-refractivity contribution >= 4 is 21.8 Å². The van der Waals surface area contributed by atoms with Gasteiger partial charge in [-0.3, -0.25) is 4.79 Å². The van der Waals surface area contributed by atoms with Crippen molar-refractivity contribution in [2.45, 2.75) is 32.9 Å². The number of carbonyl (C=O) groups is 1. The van der Waals surface area contributed by atoms with Crippen LogP contribution in [0, 0.1) is 0 Å². The Kier molecular flexibility index (Phi) is 5.40. The third kappa shape index (κ3) is 3.96. The molecule has 2 aromatic rings. The van der Waals surface area contributed by atoms with Gasteiger partial charge in [-0.1, -0.05) is 6.92 Å². The molecule has 0 radical (unpaired) electrons. The van der Waals surface area contributed by atoms with Crippen LogP contribution in [-0.2, 0) is 13.1 Å². The second-order valence-corrected chi connectivity index (χ2v) is 5.56. The topological polar surface area (TPSA) is 51.9 Å². The van der Waals surface area contributed by atoms with E-state index in [0.717, 1.165) is 30.4 Å². The van der Waals surface area contributed by atoms with Crippen LogP contribution in [0.1, 0.15) is 30.3 Å². The van der Waals surface area contributed by atoms with E-state index in [2.05, 4.69) is 33.2 Å². The highest BCUT2D eigenvalue weighted by Crippen LogP contribution is 2.15. The molecule has 108 valence electrons. The summed E-state index contributed by atoms with van der Waals surface area (Å²) in [6, 6.07) is 1.86. The molecule has 1 N–H and O–H groups in total. The van der Waals surface area contributed by atoms with Crippen LogP contribution in [0.25, 0.3) is 0 Å². The van der Waals surface area contributed by atoms with Crippen LogP contribution in [0.4, 0.5) is 0 Å². The fourth-order valence-electron chi connectivity index (χ4n) is 2.06. The summed E-state index contributed by atoms with van der Waals surface area (Å²) in [5.41, 5.74) is 0.710. The molecule has 0 unspecified atom stereocenters. The first-order valence-corrected chi connectivity index (χ1v) is 7.59. The molecule has 1 amide bonds. The van der Waals surface area contributed by atoms with Crippen molar-refractivity contribution < 1.29 is 4.79 Å². The van der Waals surface area contributed by atoms with Crippen molar-refractivity contribution in [1.29, 1.82) is 0 Å². The second kappa shape index (κ2) is 7.28. The smallest absolute Gasteiger partial charge is 0.267 e. The molecule has 6 heteroatoms. The van der Waals surface area contributed by atoms with E-state index < -0.39 is 0 Å². The number of hydrogen-bond donors (Lipinski definition) is 1. The van der Waals surface area contributed by atoms with Crippen molar-refractivity contribution in [3.8, 4) is 0 Å². The Morgan fingerprint density at radius 3 is 3.00 bits per heavy atom. The van der Waals surface area contributed by atoms with Crippen molar-refractivity contribution in [3.05, 3.63) is 41.2 Å². The maximum absolute atomic E-state index is 12.1. The number of carbonyl (C=O) groups excluding carboxylic acids is 1. The van der Waals surface area contributed by atoms with E-state index in [1.54, 1.807) is 12.5 Å². The second-order valence-electron chi connectivity index (χ2n) is 4.65. The zero-order valence-electron chi connectivity index (χ0n) is 11.6. The largest absolute Gasteiger partial charge is 0.351 e.